The Hall–Kier alpha value is -3.65. The number of aromatic nitrogens is 2. The molecule has 0 saturated heterocycles. The molecule has 5 rings (SSSR count). The molecule has 2 heterocycles. The van der Waals surface area contributed by atoms with Gasteiger partial charge in [-0.05, 0) is 54.3 Å². The molecule has 1 aliphatic rings. The number of H-pyrrole nitrogens is 1. The van der Waals surface area contributed by atoms with Gasteiger partial charge < -0.3 is 4.98 Å². The number of para-hydroxylation sites is 2. The zero-order valence-electron chi connectivity index (χ0n) is 17.4. The number of benzene rings is 3. The van der Waals surface area contributed by atoms with Crippen LogP contribution in [0.3, 0.4) is 0 Å². The Balaban J connectivity index is 1.65. The predicted octanol–water partition coefficient (Wildman–Crippen LogP) is 3.38. The van der Waals surface area contributed by atoms with Crippen molar-refractivity contribution in [2.24, 2.45) is 0 Å². The van der Waals surface area contributed by atoms with Crippen molar-refractivity contribution in [3.63, 3.8) is 0 Å². The smallest absolute Gasteiger partial charge is 0.306 e. The molecule has 7 nitrogen and oxygen atoms in total. The maximum absolute atomic E-state index is 13.6. The molecular weight excluding hydrogens is 426 g/mol. The van der Waals surface area contributed by atoms with Crippen molar-refractivity contribution in [2.45, 2.75) is 24.2 Å². The monoisotopic (exact) mass is 447 g/mol. The third kappa shape index (κ3) is 3.15. The highest BCUT2D eigenvalue weighted by molar-refractivity contribution is 7.92. The normalized spacial score (nSPS) is 16.2. The molecule has 0 radical (unpaired) electrons. The van der Waals surface area contributed by atoms with Crippen LogP contribution in [-0.2, 0) is 10.0 Å². The largest absolute Gasteiger partial charge is 0.333 e. The van der Waals surface area contributed by atoms with Crippen LogP contribution in [0.2, 0.25) is 0 Å². The van der Waals surface area contributed by atoms with Crippen molar-refractivity contribution in [3.8, 4) is 5.69 Å². The second kappa shape index (κ2) is 7.49. The van der Waals surface area contributed by atoms with E-state index in [-0.39, 0.29) is 16.5 Å². The van der Waals surface area contributed by atoms with Gasteiger partial charge in [-0.3, -0.25) is 9.10 Å². The molecule has 8 heteroatoms. The van der Waals surface area contributed by atoms with E-state index in [2.05, 4.69) is 11.9 Å². The predicted molar refractivity (Wildman–Crippen MR) is 124 cm³/mol. The van der Waals surface area contributed by atoms with Crippen LogP contribution >= 0.6 is 0 Å². The minimum absolute atomic E-state index is 0.0267. The lowest BCUT2D eigenvalue weighted by atomic mass is 9.93. The zero-order valence-corrected chi connectivity index (χ0v) is 18.2. The summed E-state index contributed by atoms with van der Waals surface area (Å²) in [6, 6.07) is 20.2. The molecule has 32 heavy (non-hydrogen) atoms. The zero-order chi connectivity index (χ0) is 22.5. The summed E-state index contributed by atoms with van der Waals surface area (Å²) in [7, 11) is -3.89. The molecule has 1 atom stereocenters. The molecule has 0 fully saturated rings. The fourth-order valence-corrected chi connectivity index (χ4v) is 5.82. The Labute approximate surface area is 184 Å². The summed E-state index contributed by atoms with van der Waals surface area (Å²) < 4.78 is 29.5. The summed E-state index contributed by atoms with van der Waals surface area (Å²) in [5.41, 5.74) is 1.15. The summed E-state index contributed by atoms with van der Waals surface area (Å²) in [6.45, 7) is 2.45. The quantitative estimate of drug-likeness (QED) is 0.521. The number of sulfonamides is 1. The highest BCUT2D eigenvalue weighted by Gasteiger charge is 2.31. The number of nitrogens with zero attached hydrogens (tertiary/aromatic N) is 2. The fourth-order valence-electron chi connectivity index (χ4n) is 4.28. The number of nitrogens with one attached hydrogen (secondary N) is 1. The van der Waals surface area contributed by atoms with Gasteiger partial charge in [0, 0.05) is 6.54 Å². The van der Waals surface area contributed by atoms with Crippen molar-refractivity contribution in [1.29, 1.82) is 0 Å². The van der Waals surface area contributed by atoms with E-state index < -0.39 is 21.3 Å². The second-order valence-electron chi connectivity index (χ2n) is 7.94. The highest BCUT2D eigenvalue weighted by Crippen LogP contribution is 2.37. The van der Waals surface area contributed by atoms with Gasteiger partial charge in [-0.25, -0.2) is 17.8 Å². The van der Waals surface area contributed by atoms with E-state index in [9.17, 15) is 18.0 Å². The lowest BCUT2D eigenvalue weighted by molar-refractivity contribution is 0.578. The van der Waals surface area contributed by atoms with E-state index >= 15 is 0 Å². The summed E-state index contributed by atoms with van der Waals surface area (Å²) in [6.07, 6.45) is 0.708. The molecule has 0 spiro atoms. The first-order valence-corrected chi connectivity index (χ1v) is 11.8. The van der Waals surface area contributed by atoms with E-state index in [0.717, 1.165) is 10.1 Å². The van der Waals surface area contributed by atoms with Gasteiger partial charge >= 0.3 is 5.69 Å². The first kappa shape index (κ1) is 20.3. The number of rotatable bonds is 3. The third-order valence-electron chi connectivity index (χ3n) is 5.97. The van der Waals surface area contributed by atoms with Gasteiger partial charge in [0.15, 0.2) is 0 Å². The molecular formula is C24H21N3O4S. The average molecular weight is 448 g/mol. The van der Waals surface area contributed by atoms with Crippen molar-refractivity contribution < 1.29 is 8.42 Å². The van der Waals surface area contributed by atoms with Gasteiger partial charge in [-0.15, -0.1) is 0 Å². The molecule has 0 amide bonds. The molecule has 4 aromatic rings. The second-order valence-corrected chi connectivity index (χ2v) is 9.80. The van der Waals surface area contributed by atoms with Crippen LogP contribution in [0.4, 0.5) is 5.69 Å². The molecule has 0 aliphatic carbocycles. The Morgan fingerprint density at radius 1 is 0.938 bits per heavy atom. The van der Waals surface area contributed by atoms with Crippen LogP contribution in [0.1, 0.15) is 24.8 Å². The summed E-state index contributed by atoms with van der Waals surface area (Å²) >= 11 is 0. The summed E-state index contributed by atoms with van der Waals surface area (Å²) in [4.78, 5) is 28.4. The van der Waals surface area contributed by atoms with Crippen LogP contribution in [0, 0.1) is 0 Å². The highest BCUT2D eigenvalue weighted by atomic mass is 32.2. The fraction of sp³-hybridized carbons (Fsp3) is 0.167. The number of hydrogen-bond acceptors (Lipinski definition) is 4. The van der Waals surface area contributed by atoms with Gasteiger partial charge in [0.05, 0.1) is 27.2 Å². The van der Waals surface area contributed by atoms with Crippen LogP contribution < -0.4 is 15.6 Å². The van der Waals surface area contributed by atoms with Crippen molar-refractivity contribution in [1.82, 2.24) is 9.55 Å². The van der Waals surface area contributed by atoms with Crippen molar-refractivity contribution in [3.05, 3.63) is 99.2 Å². The van der Waals surface area contributed by atoms with Crippen LogP contribution in [0.5, 0.6) is 0 Å². The maximum Gasteiger partial charge on any atom is 0.333 e. The number of anilines is 1. The van der Waals surface area contributed by atoms with E-state index in [1.807, 2.05) is 24.3 Å². The number of hydrogen-bond donors (Lipinski definition) is 1. The van der Waals surface area contributed by atoms with E-state index in [1.165, 1.54) is 16.4 Å². The van der Waals surface area contributed by atoms with Gasteiger partial charge in [0.1, 0.15) is 0 Å². The standard InChI is InChI=1S/C24H21N3O4S/c1-16-13-14-26(22-12-5-3-9-19(16)22)32(30,31)18-8-6-7-17(15-18)27-23(28)20-10-2-4-11-21(20)25-24(27)29/h2-12,15-16H,13-14H2,1H3,(H,25,29). The Bertz CT molecular complexity index is 1570. The minimum Gasteiger partial charge on any atom is -0.306 e. The molecule has 1 aliphatic heterocycles. The van der Waals surface area contributed by atoms with Crippen molar-refractivity contribution >= 4 is 26.6 Å². The Morgan fingerprint density at radius 3 is 2.53 bits per heavy atom. The van der Waals surface area contributed by atoms with E-state index in [1.54, 1.807) is 36.4 Å². The molecule has 1 aromatic heterocycles. The lowest BCUT2D eigenvalue weighted by Crippen LogP contribution is -2.37. The Kier molecular flexibility index (Phi) is 4.74. The molecule has 0 bridgehead atoms. The number of fused-ring (bicyclic) bond motifs is 2. The van der Waals surface area contributed by atoms with E-state index in [4.69, 9.17) is 0 Å². The molecule has 1 unspecified atom stereocenters. The summed E-state index contributed by atoms with van der Waals surface area (Å²) in [5, 5.41) is 0.347. The van der Waals surface area contributed by atoms with Crippen molar-refractivity contribution in [2.75, 3.05) is 10.8 Å². The SMILES string of the molecule is CC1CCN(S(=O)(=O)c2cccc(-n3c(=O)[nH]c4ccccc4c3=O)c2)c2ccccc21. The maximum atomic E-state index is 13.6. The lowest BCUT2D eigenvalue weighted by Gasteiger charge is -2.33. The molecule has 0 saturated carbocycles. The van der Waals surface area contributed by atoms with Crippen LogP contribution in [0.15, 0.2) is 87.3 Å². The molecule has 162 valence electrons. The molecule has 1 N–H and O–H groups in total. The van der Waals surface area contributed by atoms with Gasteiger partial charge in [0.2, 0.25) is 0 Å². The first-order valence-electron chi connectivity index (χ1n) is 10.3. The van der Waals surface area contributed by atoms with Crippen LogP contribution in [0.25, 0.3) is 16.6 Å². The van der Waals surface area contributed by atoms with Gasteiger partial charge in [-0.2, -0.15) is 0 Å². The Morgan fingerprint density at radius 2 is 1.69 bits per heavy atom. The van der Waals surface area contributed by atoms with Gasteiger partial charge in [-0.1, -0.05) is 43.3 Å². The molecule has 3 aromatic carbocycles. The van der Waals surface area contributed by atoms with E-state index in [0.29, 0.717) is 29.6 Å². The summed E-state index contributed by atoms with van der Waals surface area (Å²) in [5.74, 6) is 0.263. The first-order chi connectivity index (χ1) is 15.4. The minimum atomic E-state index is -3.89. The third-order valence-corrected chi connectivity index (χ3v) is 7.78. The average Bonchev–Trinajstić information content (AvgIpc) is 2.79. The number of aromatic amines is 1. The topological polar surface area (TPSA) is 92.2 Å². The van der Waals surface area contributed by atoms with Crippen LogP contribution in [-0.4, -0.2) is 24.5 Å². The van der Waals surface area contributed by atoms with Gasteiger partial charge in [0.25, 0.3) is 15.6 Å².